The summed E-state index contributed by atoms with van der Waals surface area (Å²) < 4.78 is 6.44. The van der Waals surface area contributed by atoms with Gasteiger partial charge >= 0.3 is 0 Å². The van der Waals surface area contributed by atoms with Gasteiger partial charge in [0, 0.05) is 4.88 Å². The monoisotopic (exact) mass is 295 g/mol. The van der Waals surface area contributed by atoms with E-state index in [1.54, 1.807) is 11.3 Å². The fraction of sp³-hybridized carbons (Fsp3) is 0.333. The van der Waals surface area contributed by atoms with E-state index in [0.29, 0.717) is 0 Å². The number of hydrogen-bond acceptors (Lipinski definition) is 3. The van der Waals surface area contributed by atoms with Crippen molar-refractivity contribution >= 4 is 22.9 Å². The molecule has 2 rings (SSSR count). The molecule has 0 aliphatic heterocycles. The molecule has 1 heterocycles. The fourth-order valence-corrected chi connectivity index (χ4v) is 3.07. The molecule has 0 saturated carbocycles. The summed E-state index contributed by atoms with van der Waals surface area (Å²) in [6.07, 6.45) is 0.996. The molecular weight excluding hydrogens is 278 g/mol. The largest absolute Gasteiger partial charge is 0.494 e. The molecule has 0 radical (unpaired) electrons. The molecular formula is C15H18ClNOS. The van der Waals surface area contributed by atoms with Crippen LogP contribution < -0.4 is 10.5 Å². The van der Waals surface area contributed by atoms with Crippen molar-refractivity contribution in [3.63, 3.8) is 0 Å². The molecule has 0 aliphatic rings. The van der Waals surface area contributed by atoms with E-state index >= 15 is 0 Å². The molecule has 19 heavy (non-hydrogen) atoms. The van der Waals surface area contributed by atoms with Crippen LogP contribution in [0.2, 0.25) is 4.34 Å². The van der Waals surface area contributed by atoms with Gasteiger partial charge in [-0.15, -0.1) is 11.3 Å². The van der Waals surface area contributed by atoms with Crippen molar-refractivity contribution < 1.29 is 4.74 Å². The molecule has 0 amide bonds. The van der Waals surface area contributed by atoms with Gasteiger partial charge in [-0.3, -0.25) is 0 Å². The topological polar surface area (TPSA) is 35.2 Å². The maximum atomic E-state index is 6.29. The summed E-state index contributed by atoms with van der Waals surface area (Å²) in [4.78, 5) is 1.08. The van der Waals surface area contributed by atoms with Crippen molar-refractivity contribution in [3.05, 3.63) is 50.7 Å². The van der Waals surface area contributed by atoms with E-state index in [4.69, 9.17) is 22.1 Å². The van der Waals surface area contributed by atoms with Crippen LogP contribution in [0.5, 0.6) is 5.75 Å². The highest BCUT2D eigenvalue weighted by molar-refractivity contribution is 7.16. The van der Waals surface area contributed by atoms with Gasteiger partial charge in [-0.2, -0.15) is 0 Å². The zero-order chi connectivity index (χ0) is 13.8. The van der Waals surface area contributed by atoms with Crippen molar-refractivity contribution in [2.45, 2.75) is 26.3 Å². The van der Waals surface area contributed by atoms with Crippen molar-refractivity contribution in [1.29, 1.82) is 0 Å². The normalized spacial score (nSPS) is 12.4. The van der Waals surface area contributed by atoms with Gasteiger partial charge in [-0.25, -0.2) is 0 Å². The number of aryl methyl sites for hydroxylation is 1. The lowest BCUT2D eigenvalue weighted by atomic mass is 10.1. The van der Waals surface area contributed by atoms with Gasteiger partial charge in [0.05, 0.1) is 17.0 Å². The molecule has 1 unspecified atom stereocenters. The van der Waals surface area contributed by atoms with Crippen molar-refractivity contribution in [2.24, 2.45) is 5.73 Å². The molecule has 0 aliphatic carbocycles. The minimum absolute atomic E-state index is 0.152. The maximum Gasteiger partial charge on any atom is 0.119 e. The Morgan fingerprint density at radius 2 is 2.16 bits per heavy atom. The van der Waals surface area contributed by atoms with Crippen molar-refractivity contribution in [2.75, 3.05) is 6.61 Å². The number of thiophene rings is 1. The predicted octanol–water partition coefficient (Wildman–Crippen LogP) is 4.55. The van der Waals surface area contributed by atoms with Gasteiger partial charge in [-0.05, 0) is 42.7 Å². The zero-order valence-corrected chi connectivity index (χ0v) is 12.7. The third kappa shape index (κ3) is 3.50. The predicted molar refractivity (Wildman–Crippen MR) is 82.3 cm³/mol. The average Bonchev–Trinajstić information content (AvgIpc) is 2.76. The molecule has 4 heteroatoms. The molecule has 2 N–H and O–H groups in total. The molecule has 1 atom stereocenters. The van der Waals surface area contributed by atoms with Crippen LogP contribution >= 0.6 is 22.9 Å². The lowest BCUT2D eigenvalue weighted by molar-refractivity contribution is 0.317. The van der Waals surface area contributed by atoms with Crippen LogP contribution in [0.15, 0.2) is 30.3 Å². The van der Waals surface area contributed by atoms with E-state index in [1.807, 2.05) is 31.2 Å². The van der Waals surface area contributed by atoms with Gasteiger partial charge in [0.15, 0.2) is 0 Å². The summed E-state index contributed by atoms with van der Waals surface area (Å²) >= 11 is 7.64. The van der Waals surface area contributed by atoms with E-state index in [-0.39, 0.29) is 6.04 Å². The second-order valence-corrected chi connectivity index (χ2v) is 6.19. The molecule has 1 aromatic carbocycles. The summed E-state index contributed by atoms with van der Waals surface area (Å²) in [6.45, 7) is 4.81. The van der Waals surface area contributed by atoms with E-state index < -0.39 is 0 Å². The molecule has 0 spiro atoms. The molecule has 102 valence electrons. The number of ether oxygens (including phenoxy) is 1. The first-order chi connectivity index (χ1) is 9.11. The van der Waals surface area contributed by atoms with Crippen LogP contribution in [0, 0.1) is 6.92 Å². The van der Waals surface area contributed by atoms with E-state index in [2.05, 4.69) is 13.0 Å². The minimum atomic E-state index is -0.152. The van der Waals surface area contributed by atoms with E-state index in [0.717, 1.165) is 39.1 Å². The van der Waals surface area contributed by atoms with E-state index in [1.165, 1.54) is 0 Å². The van der Waals surface area contributed by atoms with Crippen molar-refractivity contribution in [1.82, 2.24) is 0 Å². The average molecular weight is 296 g/mol. The highest BCUT2D eigenvalue weighted by atomic mass is 35.5. The molecule has 1 aromatic heterocycles. The number of rotatable bonds is 5. The Labute approximate surface area is 123 Å². The molecule has 2 nitrogen and oxygen atoms in total. The first-order valence-electron chi connectivity index (χ1n) is 6.36. The number of halogens is 1. The lowest BCUT2D eigenvalue weighted by Crippen LogP contribution is -2.10. The van der Waals surface area contributed by atoms with Gasteiger partial charge in [-0.1, -0.05) is 30.7 Å². The lowest BCUT2D eigenvalue weighted by Gasteiger charge is -2.12. The van der Waals surface area contributed by atoms with Crippen LogP contribution in [0.25, 0.3) is 0 Å². The third-order valence-electron chi connectivity index (χ3n) is 2.87. The van der Waals surface area contributed by atoms with Gasteiger partial charge in [0.25, 0.3) is 0 Å². The van der Waals surface area contributed by atoms with Crippen LogP contribution in [0.1, 0.15) is 35.4 Å². The van der Waals surface area contributed by atoms with Crippen LogP contribution in [-0.4, -0.2) is 6.61 Å². The smallest absolute Gasteiger partial charge is 0.119 e. The van der Waals surface area contributed by atoms with Gasteiger partial charge < -0.3 is 10.5 Å². The Hall–Kier alpha value is -1.03. The Morgan fingerprint density at radius 3 is 2.79 bits per heavy atom. The Kier molecular flexibility index (Phi) is 4.86. The Bertz CT molecular complexity index is 533. The van der Waals surface area contributed by atoms with Crippen LogP contribution in [0.4, 0.5) is 0 Å². The number of nitrogens with two attached hydrogens (primary N) is 1. The Morgan fingerprint density at radius 1 is 1.37 bits per heavy atom. The maximum absolute atomic E-state index is 6.29. The summed E-state index contributed by atoms with van der Waals surface area (Å²) in [6, 6.07) is 9.86. The molecule has 2 aromatic rings. The van der Waals surface area contributed by atoms with Crippen LogP contribution in [0.3, 0.4) is 0 Å². The minimum Gasteiger partial charge on any atom is -0.494 e. The second-order valence-electron chi connectivity index (χ2n) is 4.50. The van der Waals surface area contributed by atoms with Crippen LogP contribution in [-0.2, 0) is 0 Å². The Balaban J connectivity index is 2.20. The number of benzene rings is 1. The molecule has 0 bridgehead atoms. The quantitative estimate of drug-likeness (QED) is 0.878. The standard InChI is InChI=1S/C15H18ClNOS/c1-3-7-18-12-6-4-5-11(9-12)14(17)13-8-10(2)15(16)19-13/h4-6,8-9,14H,3,7,17H2,1-2H3. The third-order valence-corrected chi connectivity index (χ3v) is 4.51. The summed E-state index contributed by atoms with van der Waals surface area (Å²) in [5.74, 6) is 0.870. The zero-order valence-electron chi connectivity index (χ0n) is 11.2. The molecule has 0 saturated heterocycles. The highest BCUT2D eigenvalue weighted by Gasteiger charge is 2.14. The first-order valence-corrected chi connectivity index (χ1v) is 7.55. The van der Waals surface area contributed by atoms with Crippen molar-refractivity contribution in [3.8, 4) is 5.75 Å². The SMILES string of the molecule is CCCOc1cccc(C(N)c2cc(C)c(Cl)s2)c1. The number of hydrogen-bond donors (Lipinski definition) is 1. The second kappa shape index (κ2) is 6.42. The van der Waals surface area contributed by atoms with Gasteiger partial charge in [0.1, 0.15) is 5.75 Å². The highest BCUT2D eigenvalue weighted by Crippen LogP contribution is 2.33. The first kappa shape index (κ1) is 14.4. The summed E-state index contributed by atoms with van der Waals surface area (Å²) in [7, 11) is 0. The summed E-state index contributed by atoms with van der Waals surface area (Å²) in [5, 5.41) is 0. The van der Waals surface area contributed by atoms with E-state index in [9.17, 15) is 0 Å². The molecule has 0 fully saturated rings. The fourth-order valence-electron chi connectivity index (χ4n) is 1.82. The van der Waals surface area contributed by atoms with Gasteiger partial charge in [0.2, 0.25) is 0 Å². The summed E-state index contributed by atoms with van der Waals surface area (Å²) in [5.41, 5.74) is 8.42.